The summed E-state index contributed by atoms with van der Waals surface area (Å²) in [5, 5.41) is 8.18. The van der Waals surface area contributed by atoms with Crippen molar-refractivity contribution in [1.82, 2.24) is 5.32 Å². The third kappa shape index (κ3) is 5.03. The number of amides is 2. The lowest BCUT2D eigenvalue weighted by Crippen LogP contribution is -2.33. The third-order valence-corrected chi connectivity index (χ3v) is 4.50. The first-order valence-electron chi connectivity index (χ1n) is 8.91. The van der Waals surface area contributed by atoms with Gasteiger partial charge in [0.05, 0.1) is 23.5 Å². The Hall–Kier alpha value is -2.96. The molecule has 0 unspecified atom stereocenters. The molecule has 1 fully saturated rings. The van der Waals surface area contributed by atoms with Crippen LogP contribution in [0.2, 0.25) is 0 Å². The van der Waals surface area contributed by atoms with E-state index in [-0.39, 0.29) is 24.2 Å². The smallest absolute Gasteiger partial charge is 0.253 e. The summed E-state index contributed by atoms with van der Waals surface area (Å²) >= 11 is 0. The molecular weight excluding hydrogens is 352 g/mol. The molecule has 0 heterocycles. The summed E-state index contributed by atoms with van der Waals surface area (Å²) in [6.45, 7) is -0.265. The number of hydrogen-bond acceptors (Lipinski definition) is 3. The van der Waals surface area contributed by atoms with Crippen molar-refractivity contribution in [1.29, 1.82) is 0 Å². The summed E-state index contributed by atoms with van der Waals surface area (Å²) in [7, 11) is 0. The summed E-state index contributed by atoms with van der Waals surface area (Å²) in [6.07, 6.45) is 4.13. The summed E-state index contributed by atoms with van der Waals surface area (Å²) in [5.74, 6) is -1.96. The number of anilines is 2. The van der Waals surface area contributed by atoms with Crippen LogP contribution in [0.25, 0.3) is 0 Å². The number of benzene rings is 2. The molecule has 3 N–H and O–H groups in total. The molecule has 0 aromatic heterocycles. The molecular formula is C20H21F2N3O2. The van der Waals surface area contributed by atoms with E-state index in [0.717, 1.165) is 43.9 Å². The second-order valence-corrected chi connectivity index (χ2v) is 6.53. The lowest BCUT2D eigenvalue weighted by molar-refractivity contribution is -0.114. The molecule has 0 radical (unpaired) electrons. The van der Waals surface area contributed by atoms with Gasteiger partial charge in [-0.2, -0.15) is 0 Å². The molecule has 0 saturated heterocycles. The molecule has 5 nitrogen and oxygen atoms in total. The molecule has 0 spiro atoms. The SMILES string of the molecule is O=C(CNc1cc(F)ccc1F)Nc1ccccc1C(=O)NC1CCCC1. The standard InChI is InChI=1S/C20H21F2N3O2/c21-13-9-10-16(22)18(11-13)23-12-19(26)25-17-8-4-3-7-15(17)20(27)24-14-5-1-2-6-14/h3-4,7-11,14,23H,1-2,5-6,12H2,(H,24,27)(H,25,26). The molecule has 27 heavy (non-hydrogen) atoms. The summed E-state index contributed by atoms with van der Waals surface area (Å²) in [6, 6.07) is 9.83. The maximum atomic E-state index is 13.6. The molecule has 0 atom stereocenters. The zero-order valence-corrected chi connectivity index (χ0v) is 14.7. The molecule has 0 aliphatic heterocycles. The number of rotatable bonds is 6. The second kappa shape index (κ2) is 8.62. The van der Waals surface area contributed by atoms with Crippen molar-refractivity contribution < 1.29 is 18.4 Å². The molecule has 2 aromatic rings. The van der Waals surface area contributed by atoms with Gasteiger partial charge in [-0.15, -0.1) is 0 Å². The minimum Gasteiger partial charge on any atom is -0.374 e. The molecule has 1 saturated carbocycles. The van der Waals surface area contributed by atoms with Gasteiger partial charge in [0.2, 0.25) is 5.91 Å². The van der Waals surface area contributed by atoms with E-state index < -0.39 is 17.5 Å². The number of hydrogen-bond donors (Lipinski definition) is 3. The van der Waals surface area contributed by atoms with E-state index >= 15 is 0 Å². The van der Waals surface area contributed by atoms with Gasteiger partial charge in [-0.05, 0) is 43.2 Å². The van der Waals surface area contributed by atoms with Crippen LogP contribution in [0.3, 0.4) is 0 Å². The van der Waals surface area contributed by atoms with Gasteiger partial charge in [0.1, 0.15) is 11.6 Å². The van der Waals surface area contributed by atoms with E-state index in [1.807, 2.05) is 0 Å². The first-order chi connectivity index (χ1) is 13.0. The van der Waals surface area contributed by atoms with Crippen LogP contribution in [0.4, 0.5) is 20.2 Å². The van der Waals surface area contributed by atoms with Crippen molar-refractivity contribution in [3.8, 4) is 0 Å². The lowest BCUT2D eigenvalue weighted by atomic mass is 10.1. The second-order valence-electron chi connectivity index (χ2n) is 6.53. The molecule has 7 heteroatoms. The molecule has 2 aromatic carbocycles. The van der Waals surface area contributed by atoms with Crippen LogP contribution in [0.5, 0.6) is 0 Å². The Balaban J connectivity index is 1.62. The van der Waals surface area contributed by atoms with E-state index in [2.05, 4.69) is 16.0 Å². The Morgan fingerprint density at radius 3 is 2.52 bits per heavy atom. The molecule has 0 bridgehead atoms. The van der Waals surface area contributed by atoms with Crippen molar-refractivity contribution in [2.24, 2.45) is 0 Å². The van der Waals surface area contributed by atoms with Gasteiger partial charge < -0.3 is 16.0 Å². The zero-order valence-electron chi connectivity index (χ0n) is 14.7. The predicted octanol–water partition coefficient (Wildman–Crippen LogP) is 3.69. The monoisotopic (exact) mass is 373 g/mol. The highest BCUT2D eigenvalue weighted by molar-refractivity contribution is 6.04. The highest BCUT2D eigenvalue weighted by Crippen LogP contribution is 2.20. The van der Waals surface area contributed by atoms with Crippen LogP contribution >= 0.6 is 0 Å². The minimum absolute atomic E-state index is 0.0996. The quantitative estimate of drug-likeness (QED) is 0.723. The van der Waals surface area contributed by atoms with Gasteiger partial charge in [0, 0.05) is 6.04 Å². The lowest BCUT2D eigenvalue weighted by Gasteiger charge is -2.15. The fourth-order valence-electron chi connectivity index (χ4n) is 3.13. The van der Waals surface area contributed by atoms with Crippen LogP contribution in [0, 0.1) is 11.6 Å². The molecule has 3 rings (SSSR count). The van der Waals surface area contributed by atoms with Crippen molar-refractivity contribution in [2.75, 3.05) is 17.2 Å². The molecule has 1 aliphatic carbocycles. The fourth-order valence-corrected chi connectivity index (χ4v) is 3.13. The number of nitrogens with one attached hydrogen (secondary N) is 3. The van der Waals surface area contributed by atoms with Gasteiger partial charge >= 0.3 is 0 Å². The van der Waals surface area contributed by atoms with E-state index in [0.29, 0.717) is 11.3 Å². The Morgan fingerprint density at radius 2 is 1.74 bits per heavy atom. The summed E-state index contributed by atoms with van der Waals surface area (Å²) in [4.78, 5) is 24.7. The van der Waals surface area contributed by atoms with Crippen molar-refractivity contribution in [3.63, 3.8) is 0 Å². The number of halogens is 2. The fraction of sp³-hybridized carbons (Fsp3) is 0.300. The number of para-hydroxylation sites is 1. The Labute approximate surface area is 156 Å². The van der Waals surface area contributed by atoms with Crippen LogP contribution < -0.4 is 16.0 Å². The van der Waals surface area contributed by atoms with Gasteiger partial charge in [-0.1, -0.05) is 25.0 Å². The molecule has 2 amide bonds. The van der Waals surface area contributed by atoms with E-state index in [1.54, 1.807) is 24.3 Å². The van der Waals surface area contributed by atoms with Crippen molar-refractivity contribution >= 4 is 23.2 Å². The average Bonchev–Trinajstić information content (AvgIpc) is 3.16. The topological polar surface area (TPSA) is 70.2 Å². The van der Waals surface area contributed by atoms with Crippen molar-refractivity contribution in [3.05, 3.63) is 59.7 Å². The molecule has 142 valence electrons. The van der Waals surface area contributed by atoms with E-state index in [9.17, 15) is 18.4 Å². The van der Waals surface area contributed by atoms with E-state index in [4.69, 9.17) is 0 Å². The van der Waals surface area contributed by atoms with Crippen LogP contribution in [-0.2, 0) is 4.79 Å². The Morgan fingerprint density at radius 1 is 1.00 bits per heavy atom. The summed E-state index contributed by atoms with van der Waals surface area (Å²) < 4.78 is 26.8. The van der Waals surface area contributed by atoms with Crippen molar-refractivity contribution in [2.45, 2.75) is 31.7 Å². The summed E-state index contributed by atoms with van der Waals surface area (Å²) in [5.41, 5.74) is 0.645. The van der Waals surface area contributed by atoms with Gasteiger partial charge in [0.25, 0.3) is 5.91 Å². The molecule has 1 aliphatic rings. The van der Waals surface area contributed by atoms with Crippen LogP contribution in [0.1, 0.15) is 36.0 Å². The first-order valence-corrected chi connectivity index (χ1v) is 8.91. The Bertz CT molecular complexity index is 836. The van der Waals surface area contributed by atoms with Gasteiger partial charge in [0.15, 0.2) is 0 Å². The predicted molar refractivity (Wildman–Crippen MR) is 99.6 cm³/mol. The highest BCUT2D eigenvalue weighted by atomic mass is 19.1. The maximum Gasteiger partial charge on any atom is 0.253 e. The van der Waals surface area contributed by atoms with Crippen LogP contribution in [0.15, 0.2) is 42.5 Å². The van der Waals surface area contributed by atoms with E-state index in [1.165, 1.54) is 0 Å². The number of carbonyl (C=O) groups excluding carboxylic acids is 2. The van der Waals surface area contributed by atoms with Gasteiger partial charge in [-0.25, -0.2) is 8.78 Å². The Kier molecular flexibility index (Phi) is 6.01. The van der Waals surface area contributed by atoms with Crippen LogP contribution in [-0.4, -0.2) is 24.4 Å². The average molecular weight is 373 g/mol. The first kappa shape index (κ1) is 18.8. The normalized spacial score (nSPS) is 14.0. The minimum atomic E-state index is -0.652. The maximum absolute atomic E-state index is 13.6. The zero-order chi connectivity index (χ0) is 19.2. The highest BCUT2D eigenvalue weighted by Gasteiger charge is 2.20. The number of carbonyl (C=O) groups is 2. The van der Waals surface area contributed by atoms with Gasteiger partial charge in [-0.3, -0.25) is 9.59 Å². The third-order valence-electron chi connectivity index (χ3n) is 4.50. The largest absolute Gasteiger partial charge is 0.374 e.